The van der Waals surface area contributed by atoms with E-state index in [1.54, 1.807) is 23.1 Å². The lowest BCUT2D eigenvalue weighted by Crippen LogP contribution is -2.30. The van der Waals surface area contributed by atoms with Crippen molar-refractivity contribution in [3.8, 4) is 5.75 Å². The van der Waals surface area contributed by atoms with E-state index in [-0.39, 0.29) is 18.4 Å². The van der Waals surface area contributed by atoms with Crippen molar-refractivity contribution in [1.29, 1.82) is 0 Å². The number of hydrogen-bond donors (Lipinski definition) is 1. The van der Waals surface area contributed by atoms with Crippen molar-refractivity contribution in [2.24, 2.45) is 5.92 Å². The van der Waals surface area contributed by atoms with E-state index in [9.17, 15) is 14.7 Å². The molecule has 0 radical (unpaired) electrons. The molecule has 1 fully saturated rings. The van der Waals surface area contributed by atoms with E-state index in [1.807, 2.05) is 43.3 Å². The summed E-state index contributed by atoms with van der Waals surface area (Å²) in [5.74, 6) is -1.46. The summed E-state index contributed by atoms with van der Waals surface area (Å²) in [6, 6.07) is 16.6. The molecule has 28 heavy (non-hydrogen) atoms. The van der Waals surface area contributed by atoms with Gasteiger partial charge in [0.15, 0.2) is 0 Å². The number of hydrogen-bond acceptors (Lipinski definition) is 4. The molecule has 1 aliphatic rings. The molecule has 0 bridgehead atoms. The summed E-state index contributed by atoms with van der Waals surface area (Å²) in [6.45, 7) is 3.86. The number of benzene rings is 2. The van der Waals surface area contributed by atoms with Crippen LogP contribution in [0.15, 0.2) is 54.6 Å². The van der Waals surface area contributed by atoms with Gasteiger partial charge in [-0.05, 0) is 24.6 Å². The summed E-state index contributed by atoms with van der Waals surface area (Å²) in [5.41, 5.74) is 1.38. The van der Waals surface area contributed by atoms with E-state index >= 15 is 0 Å². The van der Waals surface area contributed by atoms with E-state index in [1.165, 1.54) is 0 Å². The van der Waals surface area contributed by atoms with Crippen LogP contribution in [-0.2, 0) is 9.53 Å². The van der Waals surface area contributed by atoms with Gasteiger partial charge in [0.05, 0.1) is 18.1 Å². The lowest BCUT2D eigenvalue weighted by Gasteiger charge is -2.19. The predicted octanol–water partition coefficient (Wildman–Crippen LogP) is 3.04. The summed E-state index contributed by atoms with van der Waals surface area (Å²) in [7, 11) is 0. The van der Waals surface area contributed by atoms with Gasteiger partial charge in [-0.15, -0.1) is 0 Å². The second-order valence-electron chi connectivity index (χ2n) is 6.71. The van der Waals surface area contributed by atoms with Crippen LogP contribution in [0.25, 0.3) is 0 Å². The van der Waals surface area contributed by atoms with E-state index in [0.29, 0.717) is 37.7 Å². The molecule has 1 amide bonds. The molecular weight excluding hydrogens is 358 g/mol. The molecule has 0 saturated carbocycles. The number of aliphatic carboxylic acids is 1. The van der Waals surface area contributed by atoms with Gasteiger partial charge < -0.3 is 19.5 Å². The quantitative estimate of drug-likeness (QED) is 0.709. The lowest BCUT2D eigenvalue weighted by atomic mass is 9.89. The van der Waals surface area contributed by atoms with Crippen LogP contribution < -0.4 is 4.74 Å². The van der Waals surface area contributed by atoms with Gasteiger partial charge in [0.25, 0.3) is 5.91 Å². The molecule has 3 rings (SSSR count). The minimum absolute atomic E-state index is 0.182. The third kappa shape index (κ3) is 4.51. The van der Waals surface area contributed by atoms with Crippen molar-refractivity contribution in [3.63, 3.8) is 0 Å². The molecule has 0 aromatic heterocycles. The Morgan fingerprint density at radius 3 is 2.46 bits per heavy atom. The number of nitrogens with zero attached hydrogens (tertiary/aromatic N) is 1. The van der Waals surface area contributed by atoms with Gasteiger partial charge in [0.1, 0.15) is 12.4 Å². The molecule has 0 spiro atoms. The zero-order valence-corrected chi connectivity index (χ0v) is 15.9. The van der Waals surface area contributed by atoms with Crippen LogP contribution in [0.1, 0.15) is 28.8 Å². The number of para-hydroxylation sites is 1. The van der Waals surface area contributed by atoms with Crippen LogP contribution in [0.2, 0.25) is 0 Å². The average molecular weight is 383 g/mol. The van der Waals surface area contributed by atoms with Crippen LogP contribution in [0.3, 0.4) is 0 Å². The summed E-state index contributed by atoms with van der Waals surface area (Å²) in [5, 5.41) is 9.66. The molecule has 2 aromatic carbocycles. The molecule has 1 aliphatic heterocycles. The van der Waals surface area contributed by atoms with Crippen molar-refractivity contribution in [1.82, 2.24) is 4.90 Å². The second kappa shape index (κ2) is 9.37. The molecule has 6 heteroatoms. The summed E-state index contributed by atoms with van der Waals surface area (Å²) in [6.07, 6.45) is 0. The highest BCUT2D eigenvalue weighted by molar-refractivity contribution is 5.97. The highest BCUT2D eigenvalue weighted by atomic mass is 16.5. The van der Waals surface area contributed by atoms with Gasteiger partial charge in [-0.1, -0.05) is 42.5 Å². The summed E-state index contributed by atoms with van der Waals surface area (Å²) >= 11 is 0. The largest absolute Gasteiger partial charge is 0.490 e. The minimum atomic E-state index is -0.884. The van der Waals surface area contributed by atoms with Gasteiger partial charge in [0.2, 0.25) is 0 Å². The van der Waals surface area contributed by atoms with Crippen LogP contribution in [0, 0.1) is 5.92 Å². The van der Waals surface area contributed by atoms with E-state index in [4.69, 9.17) is 9.47 Å². The first-order chi connectivity index (χ1) is 13.6. The maximum atomic E-state index is 13.1. The van der Waals surface area contributed by atoms with Crippen molar-refractivity contribution < 1.29 is 24.2 Å². The standard InChI is InChI=1S/C22H25NO5/c1-2-27-12-13-28-20-11-7-6-10-17(20)21(24)23-14-18(19(15-23)22(25)26)16-8-4-3-5-9-16/h3-11,18-19H,2,12-15H2,1H3,(H,25,26). The molecule has 2 aromatic rings. The van der Waals surface area contributed by atoms with Crippen molar-refractivity contribution in [2.75, 3.05) is 32.9 Å². The average Bonchev–Trinajstić information content (AvgIpc) is 3.17. The monoisotopic (exact) mass is 383 g/mol. The van der Waals surface area contributed by atoms with E-state index in [0.717, 1.165) is 5.56 Å². The SMILES string of the molecule is CCOCCOc1ccccc1C(=O)N1CC(C(=O)O)C(c2ccccc2)C1. The zero-order chi connectivity index (χ0) is 19.9. The van der Waals surface area contributed by atoms with Crippen molar-refractivity contribution in [3.05, 3.63) is 65.7 Å². The van der Waals surface area contributed by atoms with Crippen LogP contribution in [0.5, 0.6) is 5.75 Å². The Hall–Kier alpha value is -2.86. The Morgan fingerprint density at radius 2 is 1.75 bits per heavy atom. The smallest absolute Gasteiger partial charge is 0.308 e. The van der Waals surface area contributed by atoms with Crippen LogP contribution in [0.4, 0.5) is 0 Å². The molecular formula is C22H25NO5. The number of carbonyl (C=O) groups excluding carboxylic acids is 1. The number of likely N-dealkylation sites (tertiary alicyclic amines) is 1. The molecule has 2 unspecified atom stereocenters. The Labute approximate surface area is 164 Å². The number of rotatable bonds is 8. The topological polar surface area (TPSA) is 76.1 Å². The molecule has 148 valence electrons. The van der Waals surface area contributed by atoms with E-state index < -0.39 is 11.9 Å². The highest BCUT2D eigenvalue weighted by Gasteiger charge is 2.41. The molecule has 1 N–H and O–H groups in total. The molecule has 6 nitrogen and oxygen atoms in total. The van der Waals surface area contributed by atoms with Crippen LogP contribution in [-0.4, -0.2) is 54.8 Å². The first kappa shape index (κ1) is 19.9. The van der Waals surface area contributed by atoms with Crippen molar-refractivity contribution in [2.45, 2.75) is 12.8 Å². The summed E-state index contributed by atoms with van der Waals surface area (Å²) in [4.78, 5) is 26.5. The fourth-order valence-electron chi connectivity index (χ4n) is 3.55. The van der Waals surface area contributed by atoms with Gasteiger partial charge in [-0.3, -0.25) is 9.59 Å². The van der Waals surface area contributed by atoms with Gasteiger partial charge in [-0.25, -0.2) is 0 Å². The van der Waals surface area contributed by atoms with E-state index in [2.05, 4.69) is 0 Å². The molecule has 2 atom stereocenters. The molecule has 1 heterocycles. The van der Waals surface area contributed by atoms with Crippen LogP contribution >= 0.6 is 0 Å². The van der Waals surface area contributed by atoms with Gasteiger partial charge in [0, 0.05) is 25.6 Å². The van der Waals surface area contributed by atoms with Gasteiger partial charge >= 0.3 is 5.97 Å². The third-order valence-corrected chi connectivity index (χ3v) is 4.96. The number of carbonyl (C=O) groups is 2. The Balaban J connectivity index is 1.77. The number of carboxylic acids is 1. The fraction of sp³-hybridized carbons (Fsp3) is 0.364. The number of carboxylic acid groups (broad SMARTS) is 1. The maximum Gasteiger partial charge on any atom is 0.308 e. The molecule has 1 saturated heterocycles. The maximum absolute atomic E-state index is 13.1. The fourth-order valence-corrected chi connectivity index (χ4v) is 3.55. The number of amides is 1. The lowest BCUT2D eigenvalue weighted by molar-refractivity contribution is -0.141. The zero-order valence-electron chi connectivity index (χ0n) is 15.9. The Morgan fingerprint density at radius 1 is 1.04 bits per heavy atom. The normalized spacial score (nSPS) is 18.8. The second-order valence-corrected chi connectivity index (χ2v) is 6.71. The summed E-state index contributed by atoms with van der Waals surface area (Å²) < 4.78 is 11.0. The first-order valence-electron chi connectivity index (χ1n) is 9.48. The predicted molar refractivity (Wildman–Crippen MR) is 105 cm³/mol. The third-order valence-electron chi connectivity index (χ3n) is 4.96. The first-order valence-corrected chi connectivity index (χ1v) is 9.48. The Bertz CT molecular complexity index is 808. The highest BCUT2D eigenvalue weighted by Crippen LogP contribution is 2.34. The van der Waals surface area contributed by atoms with Gasteiger partial charge in [-0.2, -0.15) is 0 Å². The number of ether oxygens (including phenoxy) is 2. The van der Waals surface area contributed by atoms with Crippen molar-refractivity contribution >= 4 is 11.9 Å². The minimum Gasteiger partial charge on any atom is -0.490 e. The molecule has 0 aliphatic carbocycles. The Kier molecular flexibility index (Phi) is 6.66.